The van der Waals surface area contributed by atoms with Crippen LogP contribution in [0.2, 0.25) is 0 Å². The molecule has 0 aliphatic carbocycles. The van der Waals surface area contributed by atoms with Crippen LogP contribution in [0.1, 0.15) is 318 Å². The zero-order valence-corrected chi connectivity index (χ0v) is 55.3. The quantitative estimate of drug-likeness (QED) is 0.0222. The number of carbonyl (C=O) groups excluding carboxylic acids is 4. The Morgan fingerprint density at radius 3 is 0.819 bits per heavy atom. The zero-order chi connectivity index (χ0) is 61.5. The molecule has 0 radical (unpaired) electrons. The minimum atomic E-state index is -4.94. The van der Waals surface area contributed by atoms with Crippen LogP contribution in [-0.2, 0) is 65.4 Å². The van der Waals surface area contributed by atoms with E-state index in [0.717, 1.165) is 102 Å². The van der Waals surface area contributed by atoms with Gasteiger partial charge in [0, 0.05) is 25.7 Å². The number of ether oxygens (including phenoxy) is 4. The summed E-state index contributed by atoms with van der Waals surface area (Å²) in [6.07, 6.45) is 39.1. The van der Waals surface area contributed by atoms with Gasteiger partial charge in [0.05, 0.1) is 26.4 Å². The number of hydrogen-bond acceptors (Lipinski definition) is 15. The Hall–Kier alpha value is -1.94. The zero-order valence-electron chi connectivity index (χ0n) is 53.5. The van der Waals surface area contributed by atoms with Crippen molar-refractivity contribution in [2.45, 2.75) is 336 Å². The second kappa shape index (κ2) is 56.6. The molecule has 3 N–H and O–H groups in total. The third kappa shape index (κ3) is 58.8. The van der Waals surface area contributed by atoms with Crippen molar-refractivity contribution in [1.29, 1.82) is 0 Å². The minimum absolute atomic E-state index is 0.102. The number of phosphoric acid groups is 2. The van der Waals surface area contributed by atoms with Crippen molar-refractivity contribution in [2.75, 3.05) is 39.6 Å². The van der Waals surface area contributed by atoms with E-state index in [1.54, 1.807) is 0 Å². The van der Waals surface area contributed by atoms with Crippen molar-refractivity contribution in [3.63, 3.8) is 0 Å². The van der Waals surface area contributed by atoms with Gasteiger partial charge in [-0.05, 0) is 37.5 Å². The fraction of sp³-hybridized carbons (Fsp3) is 0.938. The molecule has 0 saturated heterocycles. The molecule has 0 aromatic rings. The van der Waals surface area contributed by atoms with Crippen LogP contribution in [0, 0.1) is 11.8 Å². The Morgan fingerprint density at radius 2 is 0.554 bits per heavy atom. The number of phosphoric ester groups is 2. The Labute approximate surface area is 505 Å². The Kier molecular flexibility index (Phi) is 55.2. The number of aliphatic hydroxyl groups excluding tert-OH is 1. The monoisotopic (exact) mass is 1230 g/mol. The van der Waals surface area contributed by atoms with Crippen LogP contribution in [0.4, 0.5) is 0 Å². The molecule has 0 bridgehead atoms. The van der Waals surface area contributed by atoms with E-state index in [4.69, 9.17) is 37.0 Å². The first-order valence-electron chi connectivity index (χ1n) is 33.5. The second-order valence-electron chi connectivity index (χ2n) is 24.1. The second-order valence-corrected chi connectivity index (χ2v) is 27.0. The summed E-state index contributed by atoms with van der Waals surface area (Å²) < 4.78 is 67.9. The molecule has 0 aliphatic heterocycles. The molecule has 0 spiro atoms. The molecule has 0 amide bonds. The summed E-state index contributed by atoms with van der Waals surface area (Å²) in [6, 6.07) is 0. The Morgan fingerprint density at radius 1 is 0.325 bits per heavy atom. The van der Waals surface area contributed by atoms with Crippen molar-refractivity contribution in [2.24, 2.45) is 11.8 Å². The maximum Gasteiger partial charge on any atom is 0.472 e. The molecule has 0 aromatic heterocycles. The van der Waals surface area contributed by atoms with E-state index < -0.39 is 97.5 Å². The van der Waals surface area contributed by atoms with Gasteiger partial charge in [-0.15, -0.1) is 0 Å². The fourth-order valence-corrected chi connectivity index (χ4v) is 11.1. The average Bonchev–Trinajstić information content (AvgIpc) is 3.46. The van der Waals surface area contributed by atoms with Gasteiger partial charge in [-0.1, -0.05) is 266 Å². The summed E-state index contributed by atoms with van der Waals surface area (Å²) in [5.41, 5.74) is 0. The summed E-state index contributed by atoms with van der Waals surface area (Å²) in [5.74, 6) is -0.693. The molecule has 492 valence electrons. The Bertz CT molecular complexity index is 1630. The molecule has 0 rings (SSSR count). The highest BCUT2D eigenvalue weighted by Crippen LogP contribution is 2.45. The lowest BCUT2D eigenvalue weighted by Crippen LogP contribution is -2.30. The topological polar surface area (TPSA) is 237 Å². The lowest BCUT2D eigenvalue weighted by atomic mass is 10.0. The molecule has 2 unspecified atom stereocenters. The highest BCUT2D eigenvalue weighted by molar-refractivity contribution is 7.47. The van der Waals surface area contributed by atoms with Gasteiger partial charge in [0.15, 0.2) is 12.2 Å². The summed E-state index contributed by atoms with van der Waals surface area (Å²) in [6.45, 7) is 9.38. The number of aliphatic hydroxyl groups is 1. The van der Waals surface area contributed by atoms with Gasteiger partial charge in [0.1, 0.15) is 19.3 Å². The lowest BCUT2D eigenvalue weighted by Gasteiger charge is -2.21. The first-order valence-corrected chi connectivity index (χ1v) is 36.5. The third-order valence-electron chi connectivity index (χ3n) is 14.7. The van der Waals surface area contributed by atoms with Crippen molar-refractivity contribution in [1.82, 2.24) is 0 Å². The highest BCUT2D eigenvalue weighted by atomic mass is 31.2. The molecule has 0 aliphatic rings. The summed E-state index contributed by atoms with van der Waals surface area (Å²) in [7, 11) is -9.88. The van der Waals surface area contributed by atoms with E-state index in [1.165, 1.54) is 128 Å². The number of esters is 4. The van der Waals surface area contributed by atoms with Gasteiger partial charge in [-0.25, -0.2) is 9.13 Å². The maximum absolute atomic E-state index is 13.0. The SMILES string of the molecule is CCCCCCCCCCCCCC(=O)OC[C@H](COP(=O)(O)OC[C@@H](O)COP(=O)(O)OC[C@@H](COC(=O)CCCCCCCCCC)OC(=O)CCCCCCCCC(C)C)OC(=O)CCCCCCCCCCCCCCC(C)C. The minimum Gasteiger partial charge on any atom is -0.462 e. The van der Waals surface area contributed by atoms with Crippen LogP contribution in [0.15, 0.2) is 0 Å². The lowest BCUT2D eigenvalue weighted by molar-refractivity contribution is -0.161. The maximum atomic E-state index is 13.0. The first kappa shape index (κ1) is 81.1. The third-order valence-corrected chi connectivity index (χ3v) is 16.6. The molecule has 83 heavy (non-hydrogen) atoms. The van der Waals surface area contributed by atoms with Crippen LogP contribution >= 0.6 is 15.6 Å². The van der Waals surface area contributed by atoms with Gasteiger partial charge in [-0.2, -0.15) is 0 Å². The Balaban J connectivity index is 5.21. The molecule has 19 heteroatoms. The van der Waals surface area contributed by atoms with E-state index in [9.17, 15) is 43.2 Å². The molecule has 0 saturated carbocycles. The van der Waals surface area contributed by atoms with E-state index in [1.807, 2.05) is 0 Å². The number of rotatable bonds is 63. The summed E-state index contributed by atoms with van der Waals surface area (Å²) in [5, 5.41) is 10.5. The van der Waals surface area contributed by atoms with E-state index in [-0.39, 0.29) is 25.7 Å². The van der Waals surface area contributed by atoms with E-state index in [2.05, 4.69) is 41.5 Å². The molecule has 0 heterocycles. The molecule has 0 fully saturated rings. The van der Waals surface area contributed by atoms with E-state index in [0.29, 0.717) is 31.6 Å². The van der Waals surface area contributed by atoms with Crippen LogP contribution in [0.25, 0.3) is 0 Å². The fourth-order valence-electron chi connectivity index (χ4n) is 9.53. The number of hydrogen-bond donors (Lipinski definition) is 3. The molecule has 17 nitrogen and oxygen atoms in total. The van der Waals surface area contributed by atoms with Gasteiger partial charge in [0.2, 0.25) is 0 Å². The average molecular weight is 1230 g/mol. The largest absolute Gasteiger partial charge is 0.472 e. The first-order chi connectivity index (χ1) is 39.9. The van der Waals surface area contributed by atoms with E-state index >= 15 is 0 Å². The molecule has 0 aromatic carbocycles. The standard InChI is InChI=1S/C64H124O17P2/c1-7-9-11-13-15-17-20-24-28-35-41-47-62(67)75-52-59(80-63(68)48-42-36-29-25-22-19-18-21-23-26-32-38-44-56(3)4)54-78-82(70,71)76-50-58(65)51-77-83(72,73)79-55-60(53-74-61(66)46-40-34-27-16-14-12-10-8-2)81-64(69)49-43-37-31-30-33-39-45-57(5)6/h56-60,65H,7-55H2,1-6H3,(H,70,71)(H,72,73)/t58-,59-,60-/m1/s1. The van der Waals surface area contributed by atoms with Gasteiger partial charge >= 0.3 is 39.5 Å². The van der Waals surface area contributed by atoms with Gasteiger partial charge in [0.25, 0.3) is 0 Å². The van der Waals surface area contributed by atoms with Crippen molar-refractivity contribution in [3.05, 3.63) is 0 Å². The van der Waals surface area contributed by atoms with Gasteiger partial charge in [-0.3, -0.25) is 37.3 Å². The summed E-state index contributed by atoms with van der Waals surface area (Å²) >= 11 is 0. The van der Waals surface area contributed by atoms with Gasteiger partial charge < -0.3 is 33.8 Å². The molecular weight excluding hydrogens is 1100 g/mol. The highest BCUT2D eigenvalue weighted by Gasteiger charge is 2.30. The van der Waals surface area contributed by atoms with Crippen LogP contribution < -0.4 is 0 Å². The number of carbonyl (C=O) groups is 4. The van der Waals surface area contributed by atoms with Crippen molar-refractivity contribution in [3.8, 4) is 0 Å². The predicted molar refractivity (Wildman–Crippen MR) is 331 cm³/mol. The van der Waals surface area contributed by atoms with Crippen LogP contribution in [0.5, 0.6) is 0 Å². The normalized spacial score (nSPS) is 14.3. The molecular formula is C64H124O17P2. The smallest absolute Gasteiger partial charge is 0.462 e. The van der Waals surface area contributed by atoms with Crippen molar-refractivity contribution >= 4 is 39.5 Å². The number of unbranched alkanes of at least 4 members (excludes halogenated alkanes) is 33. The van der Waals surface area contributed by atoms with Crippen LogP contribution in [-0.4, -0.2) is 96.7 Å². The van der Waals surface area contributed by atoms with Crippen LogP contribution in [0.3, 0.4) is 0 Å². The summed E-state index contributed by atoms with van der Waals surface area (Å²) in [4.78, 5) is 72.1. The molecule has 5 atom stereocenters. The predicted octanol–water partition coefficient (Wildman–Crippen LogP) is 17.7. The van der Waals surface area contributed by atoms with Crippen molar-refractivity contribution < 1.29 is 80.2 Å².